The Morgan fingerprint density at radius 3 is 1.36 bits per heavy atom. The molecule has 0 radical (unpaired) electrons. The summed E-state index contributed by atoms with van der Waals surface area (Å²) in [4.78, 5) is 310. The van der Waals surface area contributed by atoms with Crippen molar-refractivity contribution >= 4 is 153 Å². The molecule has 0 unspecified atom stereocenters. The van der Waals surface area contributed by atoms with Gasteiger partial charge >= 0.3 is 17.9 Å². The van der Waals surface area contributed by atoms with E-state index in [2.05, 4.69) is 94.7 Å². The van der Waals surface area contributed by atoms with Gasteiger partial charge in [0.1, 0.15) is 66.5 Å². The van der Waals surface area contributed by atoms with Gasteiger partial charge in [0.25, 0.3) is 0 Å². The second-order valence-electron chi connectivity index (χ2n) is 34.9. The van der Waals surface area contributed by atoms with Gasteiger partial charge in [-0.05, 0) is 99.2 Å². The molecule has 2 aromatic heterocycles. The number of nitrogens with one attached hydrogen (secondary N) is 17. The number of aromatic nitrogens is 3. The van der Waals surface area contributed by atoms with E-state index in [1.54, 1.807) is 85.4 Å². The number of carboxylic acid groups (broad SMARTS) is 3. The number of carbonyl (C=O) groups excluding carboxylic acids is 19. The van der Waals surface area contributed by atoms with E-state index >= 15 is 0 Å². The summed E-state index contributed by atoms with van der Waals surface area (Å²) in [5.74, 6) is -21.6. The Labute approximate surface area is 800 Å². The van der Waals surface area contributed by atoms with Crippen molar-refractivity contribution in [1.29, 1.82) is 0 Å². The average Bonchev–Trinajstić information content (AvgIpc) is 1.67. The highest BCUT2D eigenvalue weighted by Crippen LogP contribution is 2.21. The predicted molar refractivity (Wildman–Crippen MR) is 496 cm³/mol. The Bertz CT molecular complexity index is 4680. The fraction of sp³-hybridized carbons (Fsp3) is 0.616. The quantitative estimate of drug-likeness (QED) is 0.0233. The molecule has 764 valence electrons. The summed E-state index contributed by atoms with van der Waals surface area (Å²) >= 11 is 1.43. The number of H-pyrrole nitrogens is 2. The molecule has 0 bridgehead atoms. The maximum Gasteiger partial charge on any atom is 0.317 e. The number of aliphatic carboxylic acids is 3. The van der Waals surface area contributed by atoms with Crippen molar-refractivity contribution in [2.45, 2.75) is 204 Å². The first kappa shape index (κ1) is 115. The fourth-order valence-corrected chi connectivity index (χ4v) is 15.3. The number of benzene rings is 1. The number of thioether (sulfide) groups is 1. The van der Waals surface area contributed by atoms with Gasteiger partial charge in [0, 0.05) is 120 Å². The minimum atomic E-state index is -1.95. The zero-order valence-electron chi connectivity index (χ0n) is 78.5. The molecule has 2 saturated heterocycles. The third-order valence-corrected chi connectivity index (χ3v) is 22.7. The van der Waals surface area contributed by atoms with Crippen molar-refractivity contribution in [3.05, 3.63) is 54.2 Å². The van der Waals surface area contributed by atoms with E-state index in [4.69, 9.17) is 22.9 Å². The molecule has 11 atom stereocenters. The Kier molecular flexibility index (Phi) is 49.6. The van der Waals surface area contributed by atoms with Crippen molar-refractivity contribution in [2.75, 3.05) is 117 Å². The molecule has 0 spiro atoms. The third kappa shape index (κ3) is 43.7. The van der Waals surface area contributed by atoms with Gasteiger partial charge in [-0.25, -0.2) is 4.98 Å². The number of para-hydroxylation sites is 1. The highest BCUT2D eigenvalue weighted by Gasteiger charge is 2.38. The Balaban J connectivity index is 1.30. The van der Waals surface area contributed by atoms with Crippen LogP contribution in [-0.4, -0.2) is 363 Å². The number of carbonyl (C=O) groups is 22. The van der Waals surface area contributed by atoms with Crippen LogP contribution >= 0.6 is 11.8 Å². The minimum Gasteiger partial charge on any atom is -0.480 e. The summed E-state index contributed by atoms with van der Waals surface area (Å²) in [5, 5.41) is 67.2. The summed E-state index contributed by atoms with van der Waals surface area (Å²) < 4.78 is 0. The molecule has 2 fully saturated rings. The minimum absolute atomic E-state index is 0.00825. The number of carboxylic acids is 3. The first-order valence-corrected chi connectivity index (χ1v) is 46.8. The molecular formula is C86H134N26O25S. The van der Waals surface area contributed by atoms with Crippen LogP contribution in [0.1, 0.15) is 136 Å². The topological polar surface area (TPSA) is 778 Å². The lowest BCUT2D eigenvalue weighted by Gasteiger charge is -2.32. The van der Waals surface area contributed by atoms with Crippen LogP contribution in [0.15, 0.2) is 43.0 Å². The number of aromatic amines is 2. The van der Waals surface area contributed by atoms with E-state index in [0.717, 1.165) is 0 Å². The van der Waals surface area contributed by atoms with Gasteiger partial charge in [-0.3, -0.25) is 125 Å². The number of nitrogens with two attached hydrogens (primary N) is 4. The molecular weight excluding hydrogens is 1830 g/mol. The number of rotatable bonds is 60. The lowest BCUT2D eigenvalue weighted by molar-refractivity contribution is -0.140. The molecule has 0 aliphatic carbocycles. The lowest BCUT2D eigenvalue weighted by atomic mass is 10.0. The average molecular weight is 1960 g/mol. The predicted octanol–water partition coefficient (Wildman–Crippen LogP) is -8.69. The number of nitrogens with zero attached hydrogens (tertiary/aromatic N) is 5. The molecule has 19 amide bonds. The SMILES string of the molecule is CSCC[C@H](NC(=O)[C@H](CC(C)C)NC(=O)[C@H](Cc1cnc[nH]1)NC(=O)CNC(=O)[C@@H](NC(=O)CNC(=O)[C@H](Cc1c[nH]c2ccccc12)NC(=O)[C@H](CCC(N)=O)NC(=O)[C@H](CC(N)=O)NC(=O)CNC(=O)[C@H](CC(C)C)NC(=O)[C@H](CCCCNC(=O)CN1CCN(CC(=O)O)CCN(CC(=O)O)CCN(CC(=O)O)CC1)NC(=O)[C@H](CCC(N)=O)NC(=O)[C@@H]1CCC(=O)N1)C(C)C)C(N)=O. The number of fused-ring (bicyclic) bond motifs is 1. The van der Waals surface area contributed by atoms with Crippen molar-refractivity contribution in [3.63, 3.8) is 0 Å². The number of hydrogen-bond donors (Lipinski definition) is 24. The van der Waals surface area contributed by atoms with Crippen LogP contribution in [0.3, 0.4) is 0 Å². The van der Waals surface area contributed by atoms with Gasteiger partial charge in [-0.2, -0.15) is 11.8 Å². The smallest absolute Gasteiger partial charge is 0.317 e. The van der Waals surface area contributed by atoms with Crippen molar-refractivity contribution in [3.8, 4) is 0 Å². The van der Waals surface area contributed by atoms with E-state index in [-0.39, 0.29) is 149 Å². The molecule has 3 aromatic rings. The van der Waals surface area contributed by atoms with E-state index in [1.807, 2.05) is 6.26 Å². The van der Waals surface area contributed by atoms with Gasteiger partial charge in [0.05, 0.1) is 58.6 Å². The Morgan fingerprint density at radius 1 is 0.457 bits per heavy atom. The summed E-state index contributed by atoms with van der Waals surface area (Å²) in [7, 11) is 0. The fourth-order valence-electron chi connectivity index (χ4n) is 14.8. The van der Waals surface area contributed by atoms with Gasteiger partial charge in [-0.15, -0.1) is 0 Å². The third-order valence-electron chi connectivity index (χ3n) is 22.1. The monoisotopic (exact) mass is 1960 g/mol. The van der Waals surface area contributed by atoms with Crippen LogP contribution in [0.25, 0.3) is 10.9 Å². The molecule has 4 heterocycles. The first-order valence-electron chi connectivity index (χ1n) is 45.4. The maximum atomic E-state index is 14.7. The van der Waals surface area contributed by atoms with Crippen LogP contribution in [-0.2, 0) is 118 Å². The molecule has 28 N–H and O–H groups in total. The number of amides is 19. The van der Waals surface area contributed by atoms with Crippen LogP contribution in [0.4, 0.5) is 0 Å². The molecule has 5 rings (SSSR count). The molecule has 138 heavy (non-hydrogen) atoms. The summed E-state index contributed by atoms with van der Waals surface area (Å²) in [6.45, 7) is 7.07. The first-order chi connectivity index (χ1) is 65.3. The summed E-state index contributed by atoms with van der Waals surface area (Å²) in [6, 6.07) is -9.22. The summed E-state index contributed by atoms with van der Waals surface area (Å²) in [6.07, 6.45) is 2.83. The largest absolute Gasteiger partial charge is 0.480 e. The van der Waals surface area contributed by atoms with Crippen LogP contribution < -0.4 is 103 Å². The van der Waals surface area contributed by atoms with E-state index in [0.29, 0.717) is 27.9 Å². The molecule has 51 nitrogen and oxygen atoms in total. The second-order valence-corrected chi connectivity index (χ2v) is 35.9. The highest BCUT2D eigenvalue weighted by molar-refractivity contribution is 7.98. The van der Waals surface area contributed by atoms with Crippen LogP contribution in [0.2, 0.25) is 0 Å². The van der Waals surface area contributed by atoms with Gasteiger partial charge in [0.15, 0.2) is 0 Å². The van der Waals surface area contributed by atoms with Gasteiger partial charge in [0.2, 0.25) is 112 Å². The molecule has 2 aliphatic rings. The van der Waals surface area contributed by atoms with E-state index < -0.39 is 267 Å². The van der Waals surface area contributed by atoms with E-state index in [1.165, 1.54) is 30.5 Å². The molecule has 2 aliphatic heterocycles. The highest BCUT2D eigenvalue weighted by atomic mass is 32.2. The van der Waals surface area contributed by atoms with Crippen molar-refractivity contribution < 1.29 is 121 Å². The lowest BCUT2D eigenvalue weighted by Crippen LogP contribution is -2.59. The molecule has 52 heteroatoms. The Morgan fingerprint density at radius 2 is 0.891 bits per heavy atom. The second kappa shape index (κ2) is 59.5. The van der Waals surface area contributed by atoms with Crippen LogP contribution in [0.5, 0.6) is 0 Å². The number of imidazole rings is 1. The number of unbranched alkanes of at least 4 members (excludes halogenated alkanes) is 1. The molecule has 0 saturated carbocycles. The normalized spacial score (nSPS) is 16.2. The zero-order valence-corrected chi connectivity index (χ0v) is 79.3. The standard InChI is InChI=1S/C86H134N26O25S/c1-47(2)32-59(105-79(130)55(102-81(132)57(15-18-64(87)113)103-80(131)56-17-20-67(116)98-56)14-10-11-22-92-71(120)42-109-23-25-110(43-72(121)122)27-29-112(45-74(125)126)30-28-111(26-24-109)44-73(123)124)77(128)94-39-68(117)100-63(36-66(89)115)85(136)104-58(16-19-65(88)114)82(133)107-61(34-50-37-93-53-13-9-8-12-52(50)53)78(129)95-41-70(119)108-75(49(5)6)86(137)96-40-69(118)99-62(35-51-38-91-46-97-51)84(135)106-60(33-48(3)4)83(134)101-54(76(90)127)21-31-138-7/h8-9,12-13,37-38,46-49,54-63,75,93H,10-11,14-36,39-45H2,1-7H3,(H2,87,113)(H2,88,114)(H2,89,115)(H2,90,127)(H,91,97)(H,92,120)(H,94,128)(H,95,129)(H,96,137)(H,98,116)(H,99,118)(H,100,117)(H,101,134)(H,102,132)(H,103,131)(H,104,136)(H,105,130)(H,106,135)(H,107,133)(H,108,119)(H,121,122)(H,123,124)(H,125,126)/t54-,55-,56-,57-,58-,59-,60-,61-,62-,63-,75-/m0/s1. The van der Waals surface area contributed by atoms with Crippen molar-refractivity contribution in [1.82, 2.24) is 114 Å². The number of hydrogen-bond acceptors (Lipinski definition) is 28. The van der Waals surface area contributed by atoms with Crippen molar-refractivity contribution in [2.24, 2.45) is 40.7 Å². The Hall–Kier alpha value is -13.5. The van der Waals surface area contributed by atoms with E-state index in [9.17, 15) is 121 Å². The van der Waals surface area contributed by atoms with Gasteiger partial charge in [-0.1, -0.05) is 59.7 Å². The summed E-state index contributed by atoms with van der Waals surface area (Å²) in [5.41, 5.74) is 23.6. The maximum absolute atomic E-state index is 14.7. The number of primary amides is 4. The zero-order chi connectivity index (χ0) is 102. The van der Waals surface area contributed by atoms with Crippen LogP contribution in [0, 0.1) is 17.8 Å². The molecule has 1 aromatic carbocycles. The van der Waals surface area contributed by atoms with Gasteiger partial charge < -0.3 is 128 Å².